The van der Waals surface area contributed by atoms with Crippen molar-refractivity contribution in [1.82, 2.24) is 14.5 Å². The van der Waals surface area contributed by atoms with E-state index in [1.54, 1.807) is 18.3 Å². The third kappa shape index (κ3) is 3.91. The molecular weight excluding hydrogens is 442 g/mol. The quantitative estimate of drug-likeness (QED) is 0.444. The number of halogens is 1. The highest BCUT2D eigenvalue weighted by molar-refractivity contribution is 9.10. The van der Waals surface area contributed by atoms with Crippen molar-refractivity contribution in [3.8, 4) is 5.69 Å². The first-order valence-corrected chi connectivity index (χ1v) is 10.9. The molecule has 0 atom stereocenters. The molecule has 0 amide bonds. The summed E-state index contributed by atoms with van der Waals surface area (Å²) in [5, 5.41) is 0. The van der Waals surface area contributed by atoms with Crippen LogP contribution in [0.3, 0.4) is 0 Å². The number of likely N-dealkylation sites (tertiary alicyclic amines) is 1. The molecule has 0 radical (unpaired) electrons. The molecule has 6 nitrogen and oxygen atoms in total. The van der Waals surface area contributed by atoms with Gasteiger partial charge in [-0.2, -0.15) is 0 Å². The van der Waals surface area contributed by atoms with Gasteiger partial charge in [0, 0.05) is 22.1 Å². The molecule has 1 aliphatic rings. The molecule has 3 aromatic rings. The summed E-state index contributed by atoms with van der Waals surface area (Å²) < 4.78 is 2.91. The molecule has 0 aliphatic carbocycles. The summed E-state index contributed by atoms with van der Waals surface area (Å²) in [7, 11) is 0. The zero-order valence-corrected chi connectivity index (χ0v) is 18.5. The second kappa shape index (κ2) is 8.68. The number of hydrogen-bond donors (Lipinski definition) is 1. The minimum Gasteiger partial charge on any atom is -0.330 e. The SMILES string of the molecule is [C-]#[N+]c1ccc(-n2c(C)c(C(=O)CN3CCC(CN)CC3)c3ncc(Br)cc32)cc1. The van der Waals surface area contributed by atoms with Crippen molar-refractivity contribution < 1.29 is 4.79 Å². The molecule has 4 rings (SSSR count). The maximum atomic E-state index is 13.4. The fraction of sp³-hybridized carbons (Fsp3) is 0.348. The number of hydrogen-bond acceptors (Lipinski definition) is 4. The molecule has 3 heterocycles. The summed E-state index contributed by atoms with van der Waals surface area (Å²) in [6.45, 7) is 12.1. The Morgan fingerprint density at radius 3 is 2.63 bits per heavy atom. The lowest BCUT2D eigenvalue weighted by molar-refractivity contribution is 0.0898. The molecule has 1 fully saturated rings. The van der Waals surface area contributed by atoms with Crippen LogP contribution < -0.4 is 5.73 Å². The number of nitrogens with zero attached hydrogens (tertiary/aromatic N) is 4. The van der Waals surface area contributed by atoms with E-state index in [1.807, 2.05) is 25.1 Å². The Balaban J connectivity index is 1.72. The van der Waals surface area contributed by atoms with Crippen molar-refractivity contribution in [3.63, 3.8) is 0 Å². The van der Waals surface area contributed by atoms with Gasteiger partial charge in [0.05, 0.1) is 29.7 Å². The topological polar surface area (TPSA) is 68.5 Å². The summed E-state index contributed by atoms with van der Waals surface area (Å²) in [6.07, 6.45) is 3.82. The van der Waals surface area contributed by atoms with Crippen LogP contribution in [0.25, 0.3) is 21.6 Å². The van der Waals surface area contributed by atoms with Crippen molar-refractivity contribution in [2.24, 2.45) is 11.7 Å². The Bertz CT molecular complexity index is 1120. The maximum absolute atomic E-state index is 13.4. The van der Waals surface area contributed by atoms with Crippen molar-refractivity contribution in [3.05, 3.63) is 63.7 Å². The summed E-state index contributed by atoms with van der Waals surface area (Å²) >= 11 is 3.51. The standard InChI is InChI=1S/C23H24BrN5O/c1-15-22(21(30)14-28-9-7-16(12-25)8-10-28)23-20(11-17(24)13-27-23)29(15)19-5-3-18(26-2)4-6-19/h3-6,11,13,16H,7-10,12,14,25H2,1H3. The summed E-state index contributed by atoms with van der Waals surface area (Å²) in [5.74, 6) is 0.660. The highest BCUT2D eigenvalue weighted by Crippen LogP contribution is 2.31. The molecule has 0 bridgehead atoms. The van der Waals surface area contributed by atoms with Gasteiger partial charge in [0.15, 0.2) is 11.5 Å². The van der Waals surface area contributed by atoms with Crippen LogP contribution in [0.5, 0.6) is 0 Å². The predicted octanol–water partition coefficient (Wildman–Crippen LogP) is 4.50. The number of fused-ring (bicyclic) bond motifs is 1. The van der Waals surface area contributed by atoms with Gasteiger partial charge in [0.1, 0.15) is 0 Å². The highest BCUT2D eigenvalue weighted by atomic mass is 79.9. The average molecular weight is 466 g/mol. The Morgan fingerprint density at radius 1 is 1.30 bits per heavy atom. The van der Waals surface area contributed by atoms with Gasteiger partial charge >= 0.3 is 0 Å². The van der Waals surface area contributed by atoms with Crippen molar-refractivity contribution in [2.75, 3.05) is 26.2 Å². The molecule has 154 valence electrons. The number of benzene rings is 1. The van der Waals surface area contributed by atoms with Gasteiger partial charge in [0.25, 0.3) is 0 Å². The van der Waals surface area contributed by atoms with Gasteiger partial charge in [-0.1, -0.05) is 12.1 Å². The van der Waals surface area contributed by atoms with E-state index in [-0.39, 0.29) is 5.78 Å². The predicted molar refractivity (Wildman–Crippen MR) is 122 cm³/mol. The van der Waals surface area contributed by atoms with Crippen LogP contribution in [-0.4, -0.2) is 46.4 Å². The first kappa shape index (κ1) is 20.7. The third-order valence-electron chi connectivity index (χ3n) is 5.93. The fourth-order valence-electron chi connectivity index (χ4n) is 4.26. The normalized spacial score (nSPS) is 15.4. The molecule has 0 saturated carbocycles. The molecule has 1 aliphatic heterocycles. The number of carbonyl (C=O) groups is 1. The Kier molecular flexibility index (Phi) is 6.00. The zero-order valence-electron chi connectivity index (χ0n) is 16.9. The zero-order chi connectivity index (χ0) is 21.3. The number of carbonyl (C=O) groups excluding carboxylic acids is 1. The smallest absolute Gasteiger partial charge is 0.187 e. The number of Topliss-reactive ketones (excluding diaryl/α,β-unsaturated/α-hetero) is 1. The van der Waals surface area contributed by atoms with Gasteiger partial charge < -0.3 is 10.3 Å². The summed E-state index contributed by atoms with van der Waals surface area (Å²) in [4.78, 5) is 23.6. The molecule has 0 unspecified atom stereocenters. The summed E-state index contributed by atoms with van der Waals surface area (Å²) in [5.41, 5.74) is 10.4. The maximum Gasteiger partial charge on any atom is 0.187 e. The third-order valence-corrected chi connectivity index (χ3v) is 6.37. The lowest BCUT2D eigenvalue weighted by Gasteiger charge is -2.30. The molecule has 30 heavy (non-hydrogen) atoms. The second-order valence-electron chi connectivity index (χ2n) is 7.82. The number of piperidine rings is 1. The van der Waals surface area contributed by atoms with Crippen LogP contribution in [0.2, 0.25) is 0 Å². The van der Waals surface area contributed by atoms with Gasteiger partial charge in [-0.25, -0.2) is 4.85 Å². The number of pyridine rings is 1. The first-order valence-electron chi connectivity index (χ1n) is 10.1. The van der Waals surface area contributed by atoms with Crippen LogP contribution in [0.4, 0.5) is 5.69 Å². The van der Waals surface area contributed by atoms with E-state index in [0.29, 0.717) is 29.2 Å². The van der Waals surface area contributed by atoms with E-state index in [9.17, 15) is 4.79 Å². The Morgan fingerprint density at radius 2 is 2.00 bits per heavy atom. The Labute approximate surface area is 184 Å². The van der Waals surface area contributed by atoms with Crippen LogP contribution in [0, 0.1) is 19.4 Å². The highest BCUT2D eigenvalue weighted by Gasteiger charge is 2.25. The molecule has 2 aromatic heterocycles. The first-order chi connectivity index (χ1) is 14.5. The lowest BCUT2D eigenvalue weighted by atomic mass is 9.96. The van der Waals surface area contributed by atoms with Gasteiger partial charge in [0.2, 0.25) is 0 Å². The van der Waals surface area contributed by atoms with E-state index in [1.165, 1.54) is 0 Å². The number of rotatable bonds is 5. The van der Waals surface area contributed by atoms with Crippen molar-refractivity contribution >= 4 is 38.4 Å². The molecule has 1 saturated heterocycles. The van der Waals surface area contributed by atoms with Gasteiger partial charge in [-0.15, -0.1) is 0 Å². The summed E-state index contributed by atoms with van der Waals surface area (Å²) in [6, 6.07) is 9.39. The number of ketones is 1. The molecule has 1 aromatic carbocycles. The average Bonchev–Trinajstić information content (AvgIpc) is 3.05. The van der Waals surface area contributed by atoms with Crippen LogP contribution in [0.15, 0.2) is 41.0 Å². The van der Waals surface area contributed by atoms with Crippen molar-refractivity contribution in [2.45, 2.75) is 19.8 Å². The number of nitrogens with two attached hydrogens (primary N) is 1. The molecular formula is C23H24BrN5O. The molecule has 0 spiro atoms. The van der Waals surface area contributed by atoms with E-state index >= 15 is 0 Å². The van der Waals surface area contributed by atoms with E-state index in [4.69, 9.17) is 12.3 Å². The van der Waals surface area contributed by atoms with E-state index < -0.39 is 0 Å². The molecule has 2 N–H and O–H groups in total. The number of aromatic nitrogens is 2. The molecule has 7 heteroatoms. The van der Waals surface area contributed by atoms with Crippen LogP contribution >= 0.6 is 15.9 Å². The second-order valence-corrected chi connectivity index (χ2v) is 8.74. The van der Waals surface area contributed by atoms with Gasteiger partial charge in [-0.05, 0) is 79.4 Å². The largest absolute Gasteiger partial charge is 0.330 e. The van der Waals surface area contributed by atoms with Crippen LogP contribution in [-0.2, 0) is 0 Å². The minimum atomic E-state index is 0.0926. The fourth-order valence-corrected chi connectivity index (χ4v) is 4.58. The van der Waals surface area contributed by atoms with Crippen LogP contribution in [0.1, 0.15) is 28.9 Å². The monoisotopic (exact) mass is 465 g/mol. The Hall–Kier alpha value is -2.53. The van der Waals surface area contributed by atoms with E-state index in [2.05, 4.69) is 35.2 Å². The van der Waals surface area contributed by atoms with E-state index in [0.717, 1.165) is 53.8 Å². The van der Waals surface area contributed by atoms with Crippen molar-refractivity contribution in [1.29, 1.82) is 0 Å². The van der Waals surface area contributed by atoms with Gasteiger partial charge in [-0.3, -0.25) is 14.7 Å². The lowest BCUT2D eigenvalue weighted by Crippen LogP contribution is -2.39. The minimum absolute atomic E-state index is 0.0926.